The van der Waals surface area contributed by atoms with Crippen molar-refractivity contribution in [3.63, 3.8) is 0 Å². The Bertz CT molecular complexity index is 915. The molecule has 1 aliphatic heterocycles. The van der Waals surface area contributed by atoms with Crippen molar-refractivity contribution >= 4 is 23.5 Å². The molecule has 35 heavy (non-hydrogen) atoms. The van der Waals surface area contributed by atoms with Gasteiger partial charge in [-0.15, -0.1) is 0 Å². The average Bonchev–Trinajstić information content (AvgIpc) is 3.56. The molecule has 4 atom stereocenters. The summed E-state index contributed by atoms with van der Waals surface area (Å²) in [5.74, 6) is -1.80. The number of carbonyl (C=O) groups excluding carboxylic acids is 4. The number of nitrogens with one attached hydrogen (secondary N) is 2. The van der Waals surface area contributed by atoms with Gasteiger partial charge in [-0.25, -0.2) is 0 Å². The lowest BCUT2D eigenvalue weighted by atomic mass is 9.73. The first-order valence-electron chi connectivity index (χ1n) is 13.4. The van der Waals surface area contributed by atoms with E-state index < -0.39 is 35.2 Å². The quantitative estimate of drug-likeness (QED) is 0.453. The van der Waals surface area contributed by atoms with Crippen molar-refractivity contribution in [2.24, 2.45) is 27.4 Å². The molecular formula is C27H44N4O4. The van der Waals surface area contributed by atoms with Crippen LogP contribution < -0.4 is 16.4 Å². The Hall–Kier alpha value is -1.96. The highest BCUT2D eigenvalue weighted by Gasteiger charge is 2.85. The largest absolute Gasteiger partial charge is 0.347 e. The first kappa shape index (κ1) is 26.1. The van der Waals surface area contributed by atoms with Gasteiger partial charge in [0, 0.05) is 18.0 Å². The third kappa shape index (κ3) is 4.00. The second kappa shape index (κ2) is 8.56. The van der Waals surface area contributed by atoms with E-state index in [1.807, 2.05) is 27.7 Å². The Balaban J connectivity index is 1.56. The minimum absolute atomic E-state index is 0.0421. The third-order valence-electron chi connectivity index (χ3n) is 9.94. The molecule has 4 aliphatic rings. The Labute approximate surface area is 209 Å². The normalized spacial score (nSPS) is 29.9. The number of Topliss-reactive ketones (excluding diaryl/α,β-unsaturated/α-hetero) is 1. The zero-order chi connectivity index (χ0) is 26.0. The number of nitrogens with zero attached hydrogens (tertiary/aromatic N) is 1. The summed E-state index contributed by atoms with van der Waals surface area (Å²) in [5, 5.41) is 5.60. The molecule has 0 aromatic carbocycles. The summed E-state index contributed by atoms with van der Waals surface area (Å²) < 4.78 is 0. The average molecular weight is 489 g/mol. The van der Waals surface area contributed by atoms with E-state index in [-0.39, 0.29) is 34.1 Å². The first-order valence-corrected chi connectivity index (χ1v) is 13.4. The lowest BCUT2D eigenvalue weighted by molar-refractivity contribution is -0.143. The van der Waals surface area contributed by atoms with Gasteiger partial charge in [0.2, 0.25) is 17.6 Å². The van der Waals surface area contributed by atoms with Crippen LogP contribution in [0.3, 0.4) is 0 Å². The molecule has 0 bridgehead atoms. The number of likely N-dealkylation sites (tertiary alicyclic amines) is 1. The topological polar surface area (TPSA) is 122 Å². The molecule has 8 nitrogen and oxygen atoms in total. The van der Waals surface area contributed by atoms with Gasteiger partial charge in [-0.2, -0.15) is 0 Å². The highest BCUT2D eigenvalue weighted by Crippen LogP contribution is 2.88. The van der Waals surface area contributed by atoms with E-state index in [0.717, 1.165) is 25.7 Å². The second-order valence-electron chi connectivity index (χ2n) is 13.1. The van der Waals surface area contributed by atoms with Crippen molar-refractivity contribution in [3.05, 3.63) is 0 Å². The standard InChI is InChI=1S/C27H44N4O4/c1-7-9-17(19(32)22(34)29-16-10-11-16)30-21(33)18-14-27(25(5,6)26(27)12-8-13-26)15-31(18)23(35)20(28)24(2,3)4/h16-18,20H,7-15,28H2,1-6H3,(H,29,34)(H,30,33)/t17?,18-,20+,27+/m0/s1. The number of hydrogen-bond acceptors (Lipinski definition) is 5. The van der Waals surface area contributed by atoms with Crippen LogP contribution in [0.2, 0.25) is 0 Å². The van der Waals surface area contributed by atoms with Gasteiger partial charge in [0.1, 0.15) is 6.04 Å². The van der Waals surface area contributed by atoms with Gasteiger partial charge in [0.15, 0.2) is 0 Å². The molecule has 4 fully saturated rings. The van der Waals surface area contributed by atoms with Crippen LogP contribution in [0.15, 0.2) is 0 Å². The van der Waals surface area contributed by atoms with Crippen molar-refractivity contribution in [2.75, 3.05) is 6.54 Å². The van der Waals surface area contributed by atoms with Gasteiger partial charge in [0.25, 0.3) is 5.91 Å². The fourth-order valence-electron chi connectivity index (χ4n) is 7.08. The summed E-state index contributed by atoms with van der Waals surface area (Å²) in [6.07, 6.45) is 6.81. The van der Waals surface area contributed by atoms with Crippen LogP contribution in [0.1, 0.15) is 92.9 Å². The van der Waals surface area contributed by atoms with Crippen LogP contribution in [-0.4, -0.2) is 59.1 Å². The van der Waals surface area contributed by atoms with Gasteiger partial charge in [-0.3, -0.25) is 19.2 Å². The summed E-state index contributed by atoms with van der Waals surface area (Å²) in [6, 6.07) is -2.24. The van der Waals surface area contributed by atoms with Gasteiger partial charge < -0.3 is 21.3 Å². The van der Waals surface area contributed by atoms with Crippen molar-refractivity contribution < 1.29 is 19.2 Å². The van der Waals surface area contributed by atoms with Crippen molar-refractivity contribution in [1.29, 1.82) is 0 Å². The maximum Gasteiger partial charge on any atom is 0.289 e. The number of fused-ring (bicyclic) bond motifs is 1. The van der Waals surface area contributed by atoms with Crippen LogP contribution in [0.25, 0.3) is 0 Å². The van der Waals surface area contributed by atoms with E-state index >= 15 is 0 Å². The molecule has 0 radical (unpaired) electrons. The molecule has 196 valence electrons. The predicted molar refractivity (Wildman–Crippen MR) is 133 cm³/mol. The van der Waals surface area contributed by atoms with E-state index in [0.29, 0.717) is 25.8 Å². The number of hydrogen-bond donors (Lipinski definition) is 3. The van der Waals surface area contributed by atoms with E-state index in [1.54, 1.807) is 4.90 Å². The van der Waals surface area contributed by atoms with E-state index in [2.05, 4.69) is 24.5 Å². The molecule has 1 unspecified atom stereocenters. The number of rotatable bonds is 8. The van der Waals surface area contributed by atoms with E-state index in [9.17, 15) is 19.2 Å². The maximum absolute atomic E-state index is 13.7. The predicted octanol–water partition coefficient (Wildman–Crippen LogP) is 2.29. The fraction of sp³-hybridized carbons (Fsp3) is 0.852. The lowest BCUT2D eigenvalue weighted by Crippen LogP contribution is -2.57. The molecule has 3 aliphatic carbocycles. The molecule has 0 aromatic rings. The van der Waals surface area contributed by atoms with E-state index in [1.165, 1.54) is 6.42 Å². The zero-order valence-electron chi connectivity index (χ0n) is 22.3. The van der Waals surface area contributed by atoms with Crippen LogP contribution in [0.4, 0.5) is 0 Å². The van der Waals surface area contributed by atoms with Gasteiger partial charge in [0.05, 0.1) is 12.1 Å². The van der Waals surface area contributed by atoms with Crippen LogP contribution in [-0.2, 0) is 19.2 Å². The Morgan fingerprint density at radius 3 is 2.17 bits per heavy atom. The molecule has 3 saturated carbocycles. The Kier molecular flexibility index (Phi) is 6.39. The highest BCUT2D eigenvalue weighted by atomic mass is 16.2. The number of amides is 3. The minimum Gasteiger partial charge on any atom is -0.347 e. The molecule has 8 heteroatoms. The molecule has 0 aromatic heterocycles. The molecule has 1 heterocycles. The Morgan fingerprint density at radius 2 is 1.71 bits per heavy atom. The molecule has 3 amide bonds. The van der Waals surface area contributed by atoms with Crippen molar-refractivity contribution in [1.82, 2.24) is 15.5 Å². The fourth-order valence-corrected chi connectivity index (χ4v) is 7.08. The van der Waals surface area contributed by atoms with Crippen molar-refractivity contribution in [2.45, 2.75) is 117 Å². The van der Waals surface area contributed by atoms with Crippen LogP contribution >= 0.6 is 0 Å². The van der Waals surface area contributed by atoms with Crippen molar-refractivity contribution in [3.8, 4) is 0 Å². The zero-order valence-corrected chi connectivity index (χ0v) is 22.3. The summed E-state index contributed by atoms with van der Waals surface area (Å²) in [6.45, 7) is 12.8. The molecule has 4 rings (SSSR count). The molecule has 1 saturated heterocycles. The van der Waals surface area contributed by atoms with Crippen LogP contribution in [0.5, 0.6) is 0 Å². The van der Waals surface area contributed by atoms with E-state index in [4.69, 9.17) is 5.73 Å². The summed E-state index contributed by atoms with van der Waals surface area (Å²) in [4.78, 5) is 54.3. The van der Waals surface area contributed by atoms with Gasteiger partial charge in [-0.1, -0.05) is 54.4 Å². The maximum atomic E-state index is 13.7. The number of ketones is 1. The molecular weight excluding hydrogens is 444 g/mol. The van der Waals surface area contributed by atoms with Crippen LogP contribution in [0, 0.1) is 21.7 Å². The highest BCUT2D eigenvalue weighted by molar-refractivity contribution is 6.38. The first-order chi connectivity index (χ1) is 16.2. The molecule has 4 N–H and O–H groups in total. The Morgan fingerprint density at radius 1 is 1.09 bits per heavy atom. The summed E-state index contributed by atoms with van der Waals surface area (Å²) >= 11 is 0. The lowest BCUT2D eigenvalue weighted by Gasteiger charge is -2.33. The summed E-state index contributed by atoms with van der Waals surface area (Å²) in [7, 11) is 0. The van der Waals surface area contributed by atoms with Gasteiger partial charge in [-0.05, 0) is 54.8 Å². The monoisotopic (exact) mass is 488 g/mol. The summed E-state index contributed by atoms with van der Waals surface area (Å²) in [5.41, 5.74) is 6.05. The number of nitrogens with two attached hydrogens (primary N) is 1. The van der Waals surface area contributed by atoms with Gasteiger partial charge >= 0.3 is 0 Å². The third-order valence-corrected chi connectivity index (χ3v) is 9.94. The second-order valence-corrected chi connectivity index (χ2v) is 13.1. The minimum atomic E-state index is -0.888. The molecule has 2 spiro atoms. The SMILES string of the molecule is CCCC(NC(=O)[C@@H]1C[C@@]2(CN1C(=O)[C@@H](N)C(C)(C)C)C(C)(C)C21CCC1)C(=O)C(=O)NC1CC1. The smallest absolute Gasteiger partial charge is 0.289 e. The number of carbonyl (C=O) groups is 4.